The van der Waals surface area contributed by atoms with E-state index >= 15 is 0 Å². The summed E-state index contributed by atoms with van der Waals surface area (Å²) in [5, 5.41) is 2.98. The summed E-state index contributed by atoms with van der Waals surface area (Å²) in [6.45, 7) is 4.00. The molecule has 0 aliphatic rings. The van der Waals surface area contributed by atoms with Crippen LogP contribution in [0.1, 0.15) is 34.5 Å². The normalized spacial score (nSPS) is 11.6. The average molecular weight is 299 g/mol. The van der Waals surface area contributed by atoms with Crippen molar-refractivity contribution in [2.75, 3.05) is 14.2 Å². The highest BCUT2D eigenvalue weighted by molar-refractivity contribution is 5.95. The predicted octanol–water partition coefficient (Wildman–Crippen LogP) is 3.50. The standard InChI is InChI=1S/C18H21NO3/c1-12-5-7-14(8-6-12)13(2)19-18(20)15-9-16(21-3)11-17(10-15)22-4/h5-11,13H,1-4H3,(H,19,20). The van der Waals surface area contributed by atoms with Crippen LogP contribution in [0.5, 0.6) is 11.5 Å². The molecule has 0 spiro atoms. The maximum Gasteiger partial charge on any atom is 0.252 e. The number of methoxy groups -OCH3 is 2. The van der Waals surface area contributed by atoms with E-state index in [-0.39, 0.29) is 11.9 Å². The van der Waals surface area contributed by atoms with Crippen LogP contribution in [0.2, 0.25) is 0 Å². The summed E-state index contributed by atoms with van der Waals surface area (Å²) in [6.07, 6.45) is 0. The van der Waals surface area contributed by atoms with Gasteiger partial charge in [0.1, 0.15) is 11.5 Å². The molecule has 0 aliphatic carbocycles. The lowest BCUT2D eigenvalue weighted by Crippen LogP contribution is -2.26. The number of hydrogen-bond donors (Lipinski definition) is 1. The van der Waals surface area contributed by atoms with Gasteiger partial charge >= 0.3 is 0 Å². The molecule has 0 heterocycles. The van der Waals surface area contributed by atoms with Gasteiger partial charge in [-0.3, -0.25) is 4.79 Å². The number of aryl methyl sites for hydroxylation is 1. The molecule has 0 saturated heterocycles. The smallest absolute Gasteiger partial charge is 0.252 e. The Morgan fingerprint density at radius 1 is 1.00 bits per heavy atom. The van der Waals surface area contributed by atoms with E-state index in [2.05, 4.69) is 5.32 Å². The van der Waals surface area contributed by atoms with Crippen LogP contribution in [-0.2, 0) is 0 Å². The predicted molar refractivity (Wildman–Crippen MR) is 86.6 cm³/mol. The fraction of sp³-hybridized carbons (Fsp3) is 0.278. The molecule has 4 nitrogen and oxygen atoms in total. The van der Waals surface area contributed by atoms with Crippen molar-refractivity contribution in [2.45, 2.75) is 19.9 Å². The Kier molecular flexibility index (Phi) is 5.04. The molecule has 22 heavy (non-hydrogen) atoms. The zero-order valence-corrected chi connectivity index (χ0v) is 13.3. The van der Waals surface area contributed by atoms with Gasteiger partial charge in [0, 0.05) is 11.6 Å². The van der Waals surface area contributed by atoms with Gasteiger partial charge in [0.2, 0.25) is 0 Å². The lowest BCUT2D eigenvalue weighted by molar-refractivity contribution is 0.0939. The lowest BCUT2D eigenvalue weighted by Gasteiger charge is -2.15. The molecule has 0 saturated carbocycles. The number of hydrogen-bond acceptors (Lipinski definition) is 3. The Balaban J connectivity index is 2.16. The average Bonchev–Trinajstić information content (AvgIpc) is 2.54. The van der Waals surface area contributed by atoms with Crippen LogP contribution >= 0.6 is 0 Å². The van der Waals surface area contributed by atoms with Gasteiger partial charge in [0.15, 0.2) is 0 Å². The minimum Gasteiger partial charge on any atom is -0.497 e. The number of carbonyl (C=O) groups is 1. The van der Waals surface area contributed by atoms with Crippen LogP contribution < -0.4 is 14.8 Å². The monoisotopic (exact) mass is 299 g/mol. The van der Waals surface area contributed by atoms with Gasteiger partial charge < -0.3 is 14.8 Å². The molecule has 1 N–H and O–H groups in total. The number of nitrogens with one attached hydrogen (secondary N) is 1. The van der Waals surface area contributed by atoms with Crippen molar-refractivity contribution in [3.05, 3.63) is 59.2 Å². The molecule has 0 aromatic heterocycles. The lowest BCUT2D eigenvalue weighted by atomic mass is 10.1. The van der Waals surface area contributed by atoms with Gasteiger partial charge in [-0.1, -0.05) is 29.8 Å². The fourth-order valence-electron chi connectivity index (χ4n) is 2.16. The van der Waals surface area contributed by atoms with E-state index in [1.54, 1.807) is 32.4 Å². The van der Waals surface area contributed by atoms with E-state index in [0.29, 0.717) is 17.1 Å². The minimum absolute atomic E-state index is 0.0784. The molecule has 2 aromatic carbocycles. The molecule has 0 radical (unpaired) electrons. The van der Waals surface area contributed by atoms with Crippen molar-refractivity contribution in [2.24, 2.45) is 0 Å². The quantitative estimate of drug-likeness (QED) is 0.919. The Morgan fingerprint density at radius 2 is 1.55 bits per heavy atom. The summed E-state index contributed by atoms with van der Waals surface area (Å²) >= 11 is 0. The first kappa shape index (κ1) is 15.9. The highest BCUT2D eigenvalue weighted by Gasteiger charge is 2.13. The largest absolute Gasteiger partial charge is 0.497 e. The zero-order valence-electron chi connectivity index (χ0n) is 13.3. The zero-order chi connectivity index (χ0) is 16.1. The molecule has 0 fully saturated rings. The Hall–Kier alpha value is -2.49. The van der Waals surface area contributed by atoms with E-state index < -0.39 is 0 Å². The third-order valence-corrected chi connectivity index (χ3v) is 3.54. The molecule has 1 atom stereocenters. The fourth-order valence-corrected chi connectivity index (χ4v) is 2.16. The third kappa shape index (κ3) is 3.79. The molecule has 1 unspecified atom stereocenters. The second kappa shape index (κ2) is 6.98. The SMILES string of the molecule is COc1cc(OC)cc(C(=O)NC(C)c2ccc(C)cc2)c1. The molecule has 0 aliphatic heterocycles. The van der Waals surface area contributed by atoms with Crippen molar-refractivity contribution in [1.82, 2.24) is 5.32 Å². The van der Waals surface area contributed by atoms with Crippen LogP contribution in [0, 0.1) is 6.92 Å². The first-order chi connectivity index (χ1) is 10.5. The summed E-state index contributed by atoms with van der Waals surface area (Å²) in [6, 6.07) is 13.2. The molecule has 4 heteroatoms. The van der Waals surface area contributed by atoms with Gasteiger partial charge in [-0.15, -0.1) is 0 Å². The molecule has 116 valence electrons. The van der Waals surface area contributed by atoms with Crippen LogP contribution in [0.15, 0.2) is 42.5 Å². The summed E-state index contributed by atoms with van der Waals surface area (Å²) in [7, 11) is 3.12. The molecule has 2 aromatic rings. The van der Waals surface area contributed by atoms with Crippen LogP contribution in [-0.4, -0.2) is 20.1 Å². The van der Waals surface area contributed by atoms with Crippen molar-refractivity contribution in [3.8, 4) is 11.5 Å². The van der Waals surface area contributed by atoms with Gasteiger partial charge in [-0.25, -0.2) is 0 Å². The summed E-state index contributed by atoms with van der Waals surface area (Å²) in [4.78, 5) is 12.4. The summed E-state index contributed by atoms with van der Waals surface area (Å²) < 4.78 is 10.4. The van der Waals surface area contributed by atoms with Crippen molar-refractivity contribution in [3.63, 3.8) is 0 Å². The highest BCUT2D eigenvalue weighted by Crippen LogP contribution is 2.23. The molecule has 0 bridgehead atoms. The maximum atomic E-state index is 12.4. The van der Waals surface area contributed by atoms with E-state index in [1.807, 2.05) is 38.1 Å². The summed E-state index contributed by atoms with van der Waals surface area (Å²) in [5.74, 6) is 1.02. The van der Waals surface area contributed by atoms with Gasteiger partial charge in [-0.2, -0.15) is 0 Å². The first-order valence-electron chi connectivity index (χ1n) is 7.14. The molecule has 2 rings (SSSR count). The number of ether oxygens (including phenoxy) is 2. The van der Waals surface area contributed by atoms with Crippen LogP contribution in [0.3, 0.4) is 0 Å². The third-order valence-electron chi connectivity index (χ3n) is 3.54. The maximum absolute atomic E-state index is 12.4. The van der Waals surface area contributed by atoms with E-state index in [1.165, 1.54) is 5.56 Å². The van der Waals surface area contributed by atoms with E-state index in [9.17, 15) is 4.79 Å². The molecule has 1 amide bonds. The van der Waals surface area contributed by atoms with Crippen molar-refractivity contribution >= 4 is 5.91 Å². The number of amides is 1. The van der Waals surface area contributed by atoms with E-state index in [4.69, 9.17) is 9.47 Å². The van der Waals surface area contributed by atoms with Crippen molar-refractivity contribution < 1.29 is 14.3 Å². The second-order valence-corrected chi connectivity index (χ2v) is 5.21. The Morgan fingerprint density at radius 3 is 2.05 bits per heavy atom. The molecular weight excluding hydrogens is 278 g/mol. The van der Waals surface area contributed by atoms with E-state index in [0.717, 1.165) is 5.56 Å². The summed E-state index contributed by atoms with van der Waals surface area (Å²) in [5.41, 5.74) is 2.77. The number of carbonyl (C=O) groups excluding carboxylic acids is 1. The Bertz CT molecular complexity index is 628. The first-order valence-corrected chi connectivity index (χ1v) is 7.14. The van der Waals surface area contributed by atoms with Crippen LogP contribution in [0.25, 0.3) is 0 Å². The Labute approximate surface area is 131 Å². The van der Waals surface area contributed by atoms with Gasteiger partial charge in [0.25, 0.3) is 5.91 Å². The van der Waals surface area contributed by atoms with Crippen LogP contribution in [0.4, 0.5) is 0 Å². The minimum atomic E-state index is -0.162. The topological polar surface area (TPSA) is 47.6 Å². The van der Waals surface area contributed by atoms with Gasteiger partial charge in [0.05, 0.1) is 20.3 Å². The second-order valence-electron chi connectivity index (χ2n) is 5.21. The molecular formula is C18H21NO3. The van der Waals surface area contributed by atoms with Gasteiger partial charge in [-0.05, 0) is 31.5 Å². The van der Waals surface area contributed by atoms with Crippen molar-refractivity contribution in [1.29, 1.82) is 0 Å². The highest BCUT2D eigenvalue weighted by atomic mass is 16.5. The number of rotatable bonds is 5. The number of benzene rings is 2.